The summed E-state index contributed by atoms with van der Waals surface area (Å²) in [5.41, 5.74) is 6.94. The molecule has 1 aromatic heterocycles. The molecular weight excluding hydrogens is 262 g/mol. The van der Waals surface area contributed by atoms with Gasteiger partial charge in [-0.05, 0) is 30.5 Å². The van der Waals surface area contributed by atoms with Crippen molar-refractivity contribution in [2.45, 2.75) is 37.6 Å². The van der Waals surface area contributed by atoms with Crippen molar-refractivity contribution < 1.29 is 4.52 Å². The molecule has 1 heterocycles. The molecule has 2 aromatic rings. The lowest BCUT2D eigenvalue weighted by Gasteiger charge is -2.17. The van der Waals surface area contributed by atoms with Crippen molar-refractivity contribution in [1.82, 2.24) is 10.1 Å². The van der Waals surface area contributed by atoms with E-state index >= 15 is 0 Å². The highest BCUT2D eigenvalue weighted by molar-refractivity contribution is 6.30. The topological polar surface area (TPSA) is 64.9 Å². The molecule has 1 aliphatic carbocycles. The van der Waals surface area contributed by atoms with E-state index < -0.39 is 5.54 Å². The van der Waals surface area contributed by atoms with Crippen LogP contribution in [0.1, 0.15) is 43.0 Å². The third-order valence-electron chi connectivity index (χ3n) is 3.64. The molecule has 0 saturated heterocycles. The fraction of sp³-hybridized carbons (Fsp3) is 0.429. The molecule has 0 bridgehead atoms. The number of benzene rings is 1. The summed E-state index contributed by atoms with van der Waals surface area (Å²) < 4.78 is 5.33. The smallest absolute Gasteiger partial charge is 0.246 e. The molecule has 0 aliphatic heterocycles. The van der Waals surface area contributed by atoms with E-state index in [2.05, 4.69) is 10.1 Å². The van der Waals surface area contributed by atoms with Crippen molar-refractivity contribution in [2.75, 3.05) is 0 Å². The zero-order valence-electron chi connectivity index (χ0n) is 10.6. The van der Waals surface area contributed by atoms with Gasteiger partial charge in [-0.15, -0.1) is 0 Å². The predicted molar refractivity (Wildman–Crippen MR) is 72.9 cm³/mol. The van der Waals surface area contributed by atoms with Gasteiger partial charge in [0.05, 0.1) is 5.54 Å². The molecule has 19 heavy (non-hydrogen) atoms. The molecule has 0 unspecified atom stereocenters. The van der Waals surface area contributed by atoms with Gasteiger partial charge in [-0.25, -0.2) is 0 Å². The van der Waals surface area contributed by atoms with Crippen LogP contribution >= 0.6 is 11.6 Å². The van der Waals surface area contributed by atoms with Crippen LogP contribution in [0.15, 0.2) is 28.8 Å². The predicted octanol–water partition coefficient (Wildman–Crippen LogP) is 3.04. The van der Waals surface area contributed by atoms with Crippen LogP contribution in [-0.4, -0.2) is 10.1 Å². The van der Waals surface area contributed by atoms with Gasteiger partial charge in [0.1, 0.15) is 0 Å². The molecule has 0 radical (unpaired) electrons. The van der Waals surface area contributed by atoms with Crippen LogP contribution in [0.5, 0.6) is 0 Å². The lowest BCUT2D eigenvalue weighted by atomic mass is 9.99. The summed E-state index contributed by atoms with van der Waals surface area (Å²) in [6, 6.07) is 7.67. The van der Waals surface area contributed by atoms with Crippen LogP contribution in [0.3, 0.4) is 0 Å². The summed E-state index contributed by atoms with van der Waals surface area (Å²) in [7, 11) is 0. The van der Waals surface area contributed by atoms with Crippen LogP contribution in [-0.2, 0) is 12.0 Å². The number of rotatable bonds is 3. The van der Waals surface area contributed by atoms with E-state index in [4.69, 9.17) is 21.9 Å². The van der Waals surface area contributed by atoms with Gasteiger partial charge in [0.25, 0.3) is 0 Å². The lowest BCUT2D eigenvalue weighted by Crippen LogP contribution is -2.33. The summed E-state index contributed by atoms with van der Waals surface area (Å²) in [6.07, 6.45) is 4.71. The first-order valence-electron chi connectivity index (χ1n) is 6.52. The maximum absolute atomic E-state index is 6.29. The first-order chi connectivity index (χ1) is 9.16. The van der Waals surface area contributed by atoms with Gasteiger partial charge in [0.15, 0.2) is 5.82 Å². The van der Waals surface area contributed by atoms with Crippen molar-refractivity contribution in [3.8, 4) is 0 Å². The number of nitrogens with zero attached hydrogens (tertiary/aromatic N) is 2. The minimum atomic E-state index is -0.417. The van der Waals surface area contributed by atoms with E-state index in [0.29, 0.717) is 23.2 Å². The van der Waals surface area contributed by atoms with Crippen LogP contribution in [0.4, 0.5) is 0 Å². The third kappa shape index (κ3) is 2.65. The number of hydrogen-bond acceptors (Lipinski definition) is 4. The first kappa shape index (κ1) is 12.6. The van der Waals surface area contributed by atoms with Gasteiger partial charge in [-0.3, -0.25) is 0 Å². The normalized spacial score (nSPS) is 17.8. The van der Waals surface area contributed by atoms with E-state index in [1.54, 1.807) is 0 Å². The number of aromatic nitrogens is 2. The van der Waals surface area contributed by atoms with Gasteiger partial charge >= 0.3 is 0 Å². The van der Waals surface area contributed by atoms with Gasteiger partial charge in [0, 0.05) is 11.4 Å². The minimum absolute atomic E-state index is 0.417. The third-order valence-corrected chi connectivity index (χ3v) is 3.88. The molecule has 2 N–H and O–H groups in total. The molecule has 0 amide bonds. The Morgan fingerprint density at radius 2 is 2.11 bits per heavy atom. The first-order valence-corrected chi connectivity index (χ1v) is 6.90. The maximum Gasteiger partial charge on any atom is 0.246 e. The largest absolute Gasteiger partial charge is 0.337 e. The van der Waals surface area contributed by atoms with Crippen molar-refractivity contribution in [1.29, 1.82) is 0 Å². The highest BCUT2D eigenvalue weighted by Gasteiger charge is 2.36. The average molecular weight is 278 g/mol. The van der Waals surface area contributed by atoms with Gasteiger partial charge < -0.3 is 10.3 Å². The molecule has 1 fully saturated rings. The quantitative estimate of drug-likeness (QED) is 0.936. The van der Waals surface area contributed by atoms with Crippen LogP contribution in [0.2, 0.25) is 5.02 Å². The number of halogens is 1. The molecule has 1 aliphatic rings. The summed E-state index contributed by atoms with van der Waals surface area (Å²) >= 11 is 5.96. The van der Waals surface area contributed by atoms with Gasteiger partial charge in [-0.1, -0.05) is 41.7 Å². The van der Waals surface area contributed by atoms with Crippen molar-refractivity contribution in [3.05, 3.63) is 46.6 Å². The zero-order chi connectivity index (χ0) is 13.3. The van der Waals surface area contributed by atoms with Crippen molar-refractivity contribution in [2.24, 2.45) is 5.73 Å². The molecular formula is C14H16ClN3O. The monoisotopic (exact) mass is 277 g/mol. The molecule has 100 valence electrons. The summed E-state index contributed by atoms with van der Waals surface area (Å²) in [6.45, 7) is 0. The Hall–Kier alpha value is -1.39. The summed E-state index contributed by atoms with van der Waals surface area (Å²) in [4.78, 5) is 4.44. The molecule has 0 spiro atoms. The van der Waals surface area contributed by atoms with Gasteiger partial charge in [0.2, 0.25) is 5.89 Å². The average Bonchev–Trinajstić information content (AvgIpc) is 2.99. The van der Waals surface area contributed by atoms with E-state index in [1.807, 2.05) is 24.3 Å². The standard InChI is InChI=1S/C14H16ClN3O/c15-11-5-3-4-10(8-11)9-12-17-13(19-18-12)14(16)6-1-2-7-14/h3-5,8H,1-2,6-7,9,16H2. The molecule has 4 nitrogen and oxygen atoms in total. The Morgan fingerprint density at radius 3 is 2.84 bits per heavy atom. The van der Waals surface area contributed by atoms with Crippen LogP contribution in [0, 0.1) is 0 Å². The highest BCUT2D eigenvalue weighted by Crippen LogP contribution is 2.35. The van der Waals surface area contributed by atoms with E-state index in [0.717, 1.165) is 31.2 Å². The lowest BCUT2D eigenvalue weighted by molar-refractivity contribution is 0.284. The number of hydrogen-bond donors (Lipinski definition) is 1. The number of nitrogens with two attached hydrogens (primary N) is 1. The van der Waals surface area contributed by atoms with Crippen LogP contribution in [0.25, 0.3) is 0 Å². The molecule has 1 aromatic carbocycles. The van der Waals surface area contributed by atoms with Crippen molar-refractivity contribution in [3.63, 3.8) is 0 Å². The summed E-state index contributed by atoms with van der Waals surface area (Å²) in [5.74, 6) is 1.23. The van der Waals surface area contributed by atoms with E-state index in [1.165, 1.54) is 0 Å². The molecule has 3 rings (SSSR count). The second-order valence-electron chi connectivity index (χ2n) is 5.19. The minimum Gasteiger partial charge on any atom is -0.337 e. The fourth-order valence-corrected chi connectivity index (χ4v) is 2.79. The van der Waals surface area contributed by atoms with Gasteiger partial charge in [-0.2, -0.15) is 4.98 Å². The second kappa shape index (κ2) is 4.94. The molecule has 0 atom stereocenters. The Kier molecular flexibility index (Phi) is 3.29. The zero-order valence-corrected chi connectivity index (χ0v) is 11.4. The second-order valence-corrected chi connectivity index (χ2v) is 5.62. The fourth-order valence-electron chi connectivity index (χ4n) is 2.58. The summed E-state index contributed by atoms with van der Waals surface area (Å²) in [5, 5.41) is 4.74. The van der Waals surface area contributed by atoms with Crippen LogP contribution < -0.4 is 5.73 Å². The maximum atomic E-state index is 6.29. The molecule has 1 saturated carbocycles. The SMILES string of the molecule is NC1(c2nc(Cc3cccc(Cl)c3)no2)CCCC1. The Balaban J connectivity index is 1.78. The van der Waals surface area contributed by atoms with Crippen molar-refractivity contribution >= 4 is 11.6 Å². The Morgan fingerprint density at radius 1 is 1.32 bits per heavy atom. The Labute approximate surface area is 117 Å². The molecule has 5 heteroatoms. The van der Waals surface area contributed by atoms with E-state index in [9.17, 15) is 0 Å². The van der Waals surface area contributed by atoms with E-state index in [-0.39, 0.29) is 0 Å². The highest BCUT2D eigenvalue weighted by atomic mass is 35.5. The Bertz CT molecular complexity index is 576.